The average molecular weight is 234 g/mol. The Morgan fingerprint density at radius 3 is 3.00 bits per heavy atom. The van der Waals surface area contributed by atoms with E-state index >= 15 is 0 Å². The molecule has 0 saturated heterocycles. The summed E-state index contributed by atoms with van der Waals surface area (Å²) in [6, 6.07) is 7.93. The van der Waals surface area contributed by atoms with Gasteiger partial charge in [-0.25, -0.2) is 0 Å². The van der Waals surface area contributed by atoms with Crippen LogP contribution in [-0.4, -0.2) is 31.6 Å². The van der Waals surface area contributed by atoms with Crippen molar-refractivity contribution in [2.75, 3.05) is 24.6 Å². The van der Waals surface area contributed by atoms with Crippen LogP contribution in [0.3, 0.4) is 0 Å². The third-order valence-electron chi connectivity index (χ3n) is 2.82. The molecule has 1 atom stereocenters. The SMILES string of the molecule is CCNC(C)CN1C(=O)COc2ccccc21. The van der Waals surface area contributed by atoms with Gasteiger partial charge in [0.05, 0.1) is 5.69 Å². The standard InChI is InChI=1S/C13H18N2O2/c1-3-14-10(2)8-15-11-6-4-5-7-12(11)17-9-13(15)16/h4-7,10,14H,3,8-9H2,1-2H3. The van der Waals surface area contributed by atoms with E-state index in [4.69, 9.17) is 4.74 Å². The number of ether oxygens (including phenoxy) is 1. The largest absolute Gasteiger partial charge is 0.482 e. The molecule has 1 aliphatic heterocycles. The maximum atomic E-state index is 11.9. The first-order chi connectivity index (χ1) is 8.22. The summed E-state index contributed by atoms with van der Waals surface area (Å²) < 4.78 is 5.40. The summed E-state index contributed by atoms with van der Waals surface area (Å²) in [5, 5.41) is 3.31. The summed E-state index contributed by atoms with van der Waals surface area (Å²) >= 11 is 0. The van der Waals surface area contributed by atoms with Crippen molar-refractivity contribution in [3.8, 4) is 5.75 Å². The highest BCUT2D eigenvalue weighted by Crippen LogP contribution is 2.31. The number of likely N-dealkylation sites (N-methyl/N-ethyl adjacent to an activating group) is 1. The molecule has 1 heterocycles. The predicted octanol–water partition coefficient (Wildman–Crippen LogP) is 1.41. The molecular formula is C13H18N2O2. The molecule has 0 fully saturated rings. The molecule has 1 aromatic carbocycles. The van der Waals surface area contributed by atoms with Crippen LogP contribution in [0.25, 0.3) is 0 Å². The zero-order valence-electron chi connectivity index (χ0n) is 10.3. The summed E-state index contributed by atoms with van der Waals surface area (Å²) in [6.45, 7) is 5.85. The van der Waals surface area contributed by atoms with Gasteiger partial charge < -0.3 is 15.0 Å². The van der Waals surface area contributed by atoms with Crippen molar-refractivity contribution < 1.29 is 9.53 Å². The topological polar surface area (TPSA) is 41.6 Å². The Bertz CT molecular complexity index is 406. The number of benzene rings is 1. The Kier molecular flexibility index (Phi) is 3.64. The molecule has 4 nitrogen and oxygen atoms in total. The van der Waals surface area contributed by atoms with Gasteiger partial charge in [0, 0.05) is 12.6 Å². The number of para-hydroxylation sites is 2. The van der Waals surface area contributed by atoms with Crippen LogP contribution < -0.4 is 15.0 Å². The zero-order chi connectivity index (χ0) is 12.3. The van der Waals surface area contributed by atoms with Crippen molar-refractivity contribution in [1.29, 1.82) is 0 Å². The number of anilines is 1. The van der Waals surface area contributed by atoms with Crippen LogP contribution in [-0.2, 0) is 4.79 Å². The number of rotatable bonds is 4. The first-order valence-electron chi connectivity index (χ1n) is 5.98. The number of nitrogens with zero attached hydrogens (tertiary/aromatic N) is 1. The van der Waals surface area contributed by atoms with Gasteiger partial charge in [0.15, 0.2) is 6.61 Å². The quantitative estimate of drug-likeness (QED) is 0.856. The van der Waals surface area contributed by atoms with E-state index in [2.05, 4.69) is 19.2 Å². The summed E-state index contributed by atoms with van der Waals surface area (Å²) in [5.74, 6) is 0.809. The van der Waals surface area contributed by atoms with E-state index in [-0.39, 0.29) is 18.6 Å². The van der Waals surface area contributed by atoms with E-state index in [0.29, 0.717) is 6.54 Å². The molecule has 17 heavy (non-hydrogen) atoms. The second kappa shape index (κ2) is 5.19. The number of hydrogen-bond donors (Lipinski definition) is 1. The van der Waals surface area contributed by atoms with Gasteiger partial charge in [0.1, 0.15) is 5.75 Å². The molecule has 1 aliphatic rings. The Morgan fingerprint density at radius 2 is 2.24 bits per heavy atom. The van der Waals surface area contributed by atoms with Crippen molar-refractivity contribution in [2.45, 2.75) is 19.9 Å². The average Bonchev–Trinajstić information content (AvgIpc) is 2.33. The number of fused-ring (bicyclic) bond motifs is 1. The van der Waals surface area contributed by atoms with Crippen molar-refractivity contribution in [3.63, 3.8) is 0 Å². The fourth-order valence-corrected chi connectivity index (χ4v) is 2.04. The summed E-state index contributed by atoms with van der Waals surface area (Å²) in [7, 11) is 0. The number of amides is 1. The van der Waals surface area contributed by atoms with Crippen LogP contribution in [0.15, 0.2) is 24.3 Å². The fraction of sp³-hybridized carbons (Fsp3) is 0.462. The minimum Gasteiger partial charge on any atom is -0.482 e. The van der Waals surface area contributed by atoms with Crippen LogP contribution in [0, 0.1) is 0 Å². The molecule has 2 rings (SSSR count). The monoisotopic (exact) mass is 234 g/mol. The minimum absolute atomic E-state index is 0.0217. The molecule has 1 aromatic rings. The maximum absolute atomic E-state index is 11.9. The van der Waals surface area contributed by atoms with Crippen molar-refractivity contribution in [1.82, 2.24) is 5.32 Å². The number of hydrogen-bond acceptors (Lipinski definition) is 3. The van der Waals surface area contributed by atoms with Crippen molar-refractivity contribution in [3.05, 3.63) is 24.3 Å². The minimum atomic E-state index is 0.0217. The van der Waals surface area contributed by atoms with Crippen LogP contribution in [0.2, 0.25) is 0 Å². The highest BCUT2D eigenvalue weighted by molar-refractivity contribution is 5.97. The number of carbonyl (C=O) groups excluding carboxylic acids is 1. The predicted molar refractivity (Wildman–Crippen MR) is 67.4 cm³/mol. The first-order valence-corrected chi connectivity index (χ1v) is 5.98. The summed E-state index contributed by atoms with van der Waals surface area (Å²) in [5.41, 5.74) is 0.869. The molecule has 0 bridgehead atoms. The molecule has 0 aliphatic carbocycles. The van der Waals surface area contributed by atoms with Gasteiger partial charge >= 0.3 is 0 Å². The summed E-state index contributed by atoms with van der Waals surface area (Å²) in [6.07, 6.45) is 0. The number of nitrogens with one attached hydrogen (secondary N) is 1. The lowest BCUT2D eigenvalue weighted by Crippen LogP contribution is -2.46. The molecule has 0 spiro atoms. The molecule has 0 radical (unpaired) electrons. The van der Waals surface area contributed by atoms with Crippen molar-refractivity contribution >= 4 is 11.6 Å². The highest BCUT2D eigenvalue weighted by atomic mass is 16.5. The zero-order valence-corrected chi connectivity index (χ0v) is 10.3. The highest BCUT2D eigenvalue weighted by Gasteiger charge is 2.25. The van der Waals surface area contributed by atoms with Gasteiger partial charge in [-0.15, -0.1) is 0 Å². The Hall–Kier alpha value is -1.55. The van der Waals surface area contributed by atoms with E-state index < -0.39 is 0 Å². The number of carbonyl (C=O) groups is 1. The Morgan fingerprint density at radius 1 is 1.47 bits per heavy atom. The first kappa shape index (κ1) is 11.9. The van der Waals surface area contributed by atoms with Crippen molar-refractivity contribution in [2.24, 2.45) is 0 Å². The lowest BCUT2D eigenvalue weighted by molar-refractivity contribution is -0.121. The molecule has 0 saturated carbocycles. The molecule has 1 unspecified atom stereocenters. The molecule has 92 valence electrons. The van der Waals surface area contributed by atoms with E-state index in [9.17, 15) is 4.79 Å². The molecule has 4 heteroatoms. The fourth-order valence-electron chi connectivity index (χ4n) is 2.04. The van der Waals surface area contributed by atoms with E-state index in [1.807, 2.05) is 24.3 Å². The normalized spacial score (nSPS) is 16.4. The van der Waals surface area contributed by atoms with Crippen LogP contribution in [0.1, 0.15) is 13.8 Å². The lowest BCUT2D eigenvalue weighted by atomic mass is 10.2. The van der Waals surface area contributed by atoms with Crippen LogP contribution >= 0.6 is 0 Å². The van der Waals surface area contributed by atoms with E-state index in [1.54, 1.807) is 4.90 Å². The molecule has 1 N–H and O–H groups in total. The van der Waals surface area contributed by atoms with Crippen LogP contribution in [0.4, 0.5) is 5.69 Å². The van der Waals surface area contributed by atoms with Gasteiger partial charge in [0.2, 0.25) is 0 Å². The summed E-state index contributed by atoms with van der Waals surface area (Å²) in [4.78, 5) is 13.7. The van der Waals surface area contributed by atoms with Crippen LogP contribution in [0.5, 0.6) is 5.75 Å². The molecular weight excluding hydrogens is 216 g/mol. The van der Waals surface area contributed by atoms with E-state index in [0.717, 1.165) is 18.0 Å². The Labute approximate surface area is 102 Å². The lowest BCUT2D eigenvalue weighted by Gasteiger charge is -2.31. The third kappa shape index (κ3) is 2.58. The van der Waals surface area contributed by atoms with Gasteiger partial charge in [-0.1, -0.05) is 19.1 Å². The maximum Gasteiger partial charge on any atom is 0.265 e. The van der Waals surface area contributed by atoms with E-state index in [1.165, 1.54) is 0 Å². The second-order valence-electron chi connectivity index (χ2n) is 4.22. The van der Waals surface area contributed by atoms with Gasteiger partial charge in [-0.3, -0.25) is 4.79 Å². The molecule has 1 amide bonds. The smallest absolute Gasteiger partial charge is 0.265 e. The second-order valence-corrected chi connectivity index (χ2v) is 4.22. The van der Waals surface area contributed by atoms with Gasteiger partial charge in [-0.05, 0) is 25.6 Å². The van der Waals surface area contributed by atoms with Gasteiger partial charge in [-0.2, -0.15) is 0 Å². The molecule has 0 aromatic heterocycles. The third-order valence-corrected chi connectivity index (χ3v) is 2.82. The Balaban J connectivity index is 2.18. The van der Waals surface area contributed by atoms with Gasteiger partial charge in [0.25, 0.3) is 5.91 Å².